The molecule has 84 valence electrons. The van der Waals surface area contributed by atoms with Crippen LogP contribution in [0.4, 0.5) is 0 Å². The Labute approximate surface area is 108 Å². The molecule has 0 spiro atoms. The molecule has 0 bridgehead atoms. The zero-order chi connectivity index (χ0) is 11.3. The third-order valence-electron chi connectivity index (χ3n) is 2.22. The third kappa shape index (κ3) is 3.87. The van der Waals surface area contributed by atoms with Crippen molar-refractivity contribution in [2.45, 2.75) is 19.4 Å². The number of hydrogen-bond acceptors (Lipinski definition) is 2. The molecule has 0 heterocycles. The van der Waals surface area contributed by atoms with Gasteiger partial charge < -0.3 is 11.1 Å². The molecule has 3 N–H and O–H groups in total. The summed E-state index contributed by atoms with van der Waals surface area (Å²) in [6.07, 6.45) is 1.12. The van der Waals surface area contributed by atoms with Crippen LogP contribution in [0.25, 0.3) is 0 Å². The summed E-state index contributed by atoms with van der Waals surface area (Å²) in [4.78, 5) is 0. The second-order valence-corrected chi connectivity index (χ2v) is 5.12. The summed E-state index contributed by atoms with van der Waals surface area (Å²) >= 11 is 6.95. The lowest BCUT2D eigenvalue weighted by Crippen LogP contribution is -2.28. The van der Waals surface area contributed by atoms with Crippen molar-refractivity contribution in [2.24, 2.45) is 5.73 Å². The van der Waals surface area contributed by atoms with Gasteiger partial charge >= 0.3 is 0 Å². The van der Waals surface area contributed by atoms with E-state index in [0.717, 1.165) is 21.9 Å². The number of benzene rings is 1. The van der Waals surface area contributed by atoms with Crippen LogP contribution in [-0.4, -0.2) is 13.1 Å². The highest BCUT2D eigenvalue weighted by atomic mass is 79.9. The number of nitrogens with two attached hydrogens (primary N) is 1. The van der Waals surface area contributed by atoms with Crippen molar-refractivity contribution >= 4 is 31.9 Å². The first-order valence-corrected chi connectivity index (χ1v) is 6.66. The topological polar surface area (TPSA) is 38.0 Å². The van der Waals surface area contributed by atoms with Crippen molar-refractivity contribution in [2.75, 3.05) is 13.1 Å². The molecule has 0 aromatic heterocycles. The van der Waals surface area contributed by atoms with E-state index in [1.807, 2.05) is 6.07 Å². The van der Waals surface area contributed by atoms with E-state index in [0.29, 0.717) is 6.54 Å². The van der Waals surface area contributed by atoms with E-state index in [4.69, 9.17) is 5.73 Å². The van der Waals surface area contributed by atoms with Crippen LogP contribution in [-0.2, 0) is 0 Å². The van der Waals surface area contributed by atoms with Gasteiger partial charge in [0, 0.05) is 21.5 Å². The lowest BCUT2D eigenvalue weighted by atomic mass is 10.1. The van der Waals surface area contributed by atoms with Gasteiger partial charge in [-0.05, 0) is 62.5 Å². The van der Waals surface area contributed by atoms with Crippen LogP contribution in [0.3, 0.4) is 0 Å². The first-order valence-electron chi connectivity index (χ1n) is 5.07. The van der Waals surface area contributed by atoms with Gasteiger partial charge in [-0.3, -0.25) is 0 Å². The molecule has 2 nitrogen and oxygen atoms in total. The molecule has 0 saturated heterocycles. The van der Waals surface area contributed by atoms with E-state index in [-0.39, 0.29) is 6.04 Å². The summed E-state index contributed by atoms with van der Waals surface area (Å²) in [7, 11) is 0. The fourth-order valence-corrected chi connectivity index (χ4v) is 2.03. The zero-order valence-corrected chi connectivity index (χ0v) is 11.9. The molecule has 1 atom stereocenters. The zero-order valence-electron chi connectivity index (χ0n) is 8.76. The largest absolute Gasteiger partial charge is 0.329 e. The molecule has 0 amide bonds. The number of nitrogens with one attached hydrogen (secondary N) is 1. The van der Waals surface area contributed by atoms with Crippen LogP contribution in [0.15, 0.2) is 27.1 Å². The SMILES string of the molecule is CCCNC(CN)c1ccc(Br)c(Br)c1. The predicted octanol–water partition coefficient (Wildman–Crippen LogP) is 3.21. The standard InChI is InChI=1S/C11H16Br2N2/c1-2-5-15-11(7-14)8-3-4-9(12)10(13)6-8/h3-4,6,11,15H,2,5,7,14H2,1H3. The maximum absolute atomic E-state index is 5.74. The van der Waals surface area contributed by atoms with E-state index in [9.17, 15) is 0 Å². The molecule has 15 heavy (non-hydrogen) atoms. The lowest BCUT2D eigenvalue weighted by molar-refractivity contribution is 0.540. The highest BCUT2D eigenvalue weighted by Gasteiger charge is 2.09. The Kier molecular flexibility index (Phi) is 5.82. The molecule has 0 fully saturated rings. The summed E-state index contributed by atoms with van der Waals surface area (Å²) < 4.78 is 2.13. The monoisotopic (exact) mass is 334 g/mol. The van der Waals surface area contributed by atoms with E-state index in [1.54, 1.807) is 0 Å². The maximum Gasteiger partial charge on any atom is 0.0444 e. The first-order chi connectivity index (χ1) is 7.19. The molecule has 1 unspecified atom stereocenters. The van der Waals surface area contributed by atoms with Crippen molar-refractivity contribution in [1.29, 1.82) is 0 Å². The lowest BCUT2D eigenvalue weighted by Gasteiger charge is -2.17. The molecule has 0 aliphatic heterocycles. The molecule has 1 aromatic carbocycles. The average Bonchev–Trinajstić information content (AvgIpc) is 2.24. The smallest absolute Gasteiger partial charge is 0.0444 e. The van der Waals surface area contributed by atoms with Crippen LogP contribution in [0.1, 0.15) is 24.9 Å². The normalized spacial score (nSPS) is 12.8. The fraction of sp³-hybridized carbons (Fsp3) is 0.455. The quantitative estimate of drug-likeness (QED) is 0.867. The second-order valence-electron chi connectivity index (χ2n) is 3.42. The summed E-state index contributed by atoms with van der Waals surface area (Å²) in [5.41, 5.74) is 6.97. The Bertz CT molecular complexity index is 315. The summed E-state index contributed by atoms with van der Waals surface area (Å²) in [6.45, 7) is 3.77. The Morgan fingerprint density at radius 1 is 1.33 bits per heavy atom. The van der Waals surface area contributed by atoms with Gasteiger partial charge in [0.25, 0.3) is 0 Å². The highest BCUT2D eigenvalue weighted by molar-refractivity contribution is 9.13. The van der Waals surface area contributed by atoms with Gasteiger partial charge in [0.05, 0.1) is 0 Å². The maximum atomic E-state index is 5.74. The molecule has 1 aromatic rings. The van der Waals surface area contributed by atoms with Crippen molar-refractivity contribution in [3.63, 3.8) is 0 Å². The highest BCUT2D eigenvalue weighted by Crippen LogP contribution is 2.26. The van der Waals surface area contributed by atoms with Crippen molar-refractivity contribution in [1.82, 2.24) is 5.32 Å². The number of hydrogen-bond donors (Lipinski definition) is 2. The van der Waals surface area contributed by atoms with Crippen molar-refractivity contribution in [3.8, 4) is 0 Å². The van der Waals surface area contributed by atoms with Crippen molar-refractivity contribution in [3.05, 3.63) is 32.7 Å². The van der Waals surface area contributed by atoms with Crippen LogP contribution in [0.5, 0.6) is 0 Å². The van der Waals surface area contributed by atoms with E-state index < -0.39 is 0 Å². The Morgan fingerprint density at radius 2 is 2.07 bits per heavy atom. The molecule has 0 aliphatic carbocycles. The van der Waals surface area contributed by atoms with Gasteiger partial charge in [0.15, 0.2) is 0 Å². The van der Waals surface area contributed by atoms with Gasteiger partial charge in [-0.15, -0.1) is 0 Å². The molecule has 4 heteroatoms. The van der Waals surface area contributed by atoms with Crippen LogP contribution in [0, 0.1) is 0 Å². The summed E-state index contributed by atoms with van der Waals surface area (Å²) in [5.74, 6) is 0. The average molecular weight is 336 g/mol. The minimum absolute atomic E-state index is 0.245. The Hall–Kier alpha value is 0.1000. The summed E-state index contributed by atoms with van der Waals surface area (Å²) in [5, 5.41) is 3.42. The third-order valence-corrected chi connectivity index (χ3v) is 4.10. The van der Waals surface area contributed by atoms with Gasteiger partial charge in [-0.2, -0.15) is 0 Å². The second kappa shape index (κ2) is 6.63. The summed E-state index contributed by atoms with van der Waals surface area (Å²) in [6, 6.07) is 6.48. The first kappa shape index (κ1) is 13.2. The molecule has 1 rings (SSSR count). The Balaban J connectivity index is 2.78. The fourth-order valence-electron chi connectivity index (χ4n) is 1.38. The van der Waals surface area contributed by atoms with Crippen LogP contribution in [0.2, 0.25) is 0 Å². The van der Waals surface area contributed by atoms with E-state index in [1.165, 1.54) is 5.56 Å². The molecule has 0 saturated carbocycles. The van der Waals surface area contributed by atoms with Crippen LogP contribution < -0.4 is 11.1 Å². The minimum atomic E-state index is 0.245. The van der Waals surface area contributed by atoms with Gasteiger partial charge in [0.2, 0.25) is 0 Å². The van der Waals surface area contributed by atoms with Gasteiger partial charge in [-0.25, -0.2) is 0 Å². The molecule has 0 aliphatic rings. The van der Waals surface area contributed by atoms with Gasteiger partial charge in [-0.1, -0.05) is 13.0 Å². The molecular weight excluding hydrogens is 320 g/mol. The van der Waals surface area contributed by atoms with E-state index in [2.05, 4.69) is 56.2 Å². The van der Waals surface area contributed by atoms with E-state index >= 15 is 0 Å². The minimum Gasteiger partial charge on any atom is -0.329 e. The molecule has 0 radical (unpaired) electrons. The van der Waals surface area contributed by atoms with Crippen molar-refractivity contribution < 1.29 is 0 Å². The number of halogens is 2. The predicted molar refractivity (Wildman–Crippen MR) is 71.9 cm³/mol. The van der Waals surface area contributed by atoms with Gasteiger partial charge in [0.1, 0.15) is 0 Å². The van der Waals surface area contributed by atoms with Crippen LogP contribution >= 0.6 is 31.9 Å². The number of rotatable bonds is 5. The molecular formula is C11H16Br2N2. The Morgan fingerprint density at radius 3 is 2.60 bits per heavy atom.